The van der Waals surface area contributed by atoms with Gasteiger partial charge in [-0.2, -0.15) is 0 Å². The first-order valence-electron chi connectivity index (χ1n) is 10.7. The molecule has 0 saturated heterocycles. The number of nitrogens with one attached hydrogen (secondary N) is 1. The second-order valence-corrected chi connectivity index (χ2v) is 10.9. The predicted octanol–water partition coefficient (Wildman–Crippen LogP) is 5.35. The number of sulfonamides is 1. The summed E-state index contributed by atoms with van der Waals surface area (Å²) in [6, 6.07) is 7.49. The lowest BCUT2D eigenvalue weighted by molar-refractivity contribution is -0.137. The molecule has 2 unspecified atom stereocenters. The number of fused-ring (bicyclic) bond motifs is 3. The molecule has 5 nitrogen and oxygen atoms in total. The van der Waals surface area contributed by atoms with Crippen molar-refractivity contribution >= 4 is 38.0 Å². The molecule has 2 N–H and O–H groups in total. The summed E-state index contributed by atoms with van der Waals surface area (Å²) in [5.74, 6) is 0.501. The molecule has 0 amide bonds. The van der Waals surface area contributed by atoms with Crippen molar-refractivity contribution in [3.63, 3.8) is 0 Å². The Morgan fingerprint density at radius 2 is 1.77 bits per heavy atom. The number of hydrogen-bond donors (Lipinski definition) is 2. The van der Waals surface area contributed by atoms with Crippen molar-refractivity contribution in [2.45, 2.75) is 57.4 Å². The summed E-state index contributed by atoms with van der Waals surface area (Å²) in [6.45, 7) is 0. The Kier molecular flexibility index (Phi) is 8.31. The first kappa shape index (κ1) is 23.2. The van der Waals surface area contributed by atoms with Crippen LogP contribution in [0.3, 0.4) is 0 Å². The molecule has 3 aliphatic rings. The van der Waals surface area contributed by atoms with Crippen LogP contribution in [0.4, 0.5) is 0 Å². The Bertz CT molecular complexity index is 871. The molecule has 164 valence electrons. The van der Waals surface area contributed by atoms with Crippen LogP contribution in [0, 0.1) is 17.8 Å². The van der Waals surface area contributed by atoms with Gasteiger partial charge in [-0.05, 0) is 86.5 Å². The van der Waals surface area contributed by atoms with Crippen LogP contribution in [-0.4, -0.2) is 25.5 Å². The number of unbranched alkanes of at least 4 members (excludes halogenated alkanes) is 1. The van der Waals surface area contributed by atoms with E-state index in [0.717, 1.165) is 35.7 Å². The van der Waals surface area contributed by atoms with Gasteiger partial charge in [-0.3, -0.25) is 4.79 Å². The number of rotatable bonds is 10. The zero-order valence-electron chi connectivity index (χ0n) is 17.0. The van der Waals surface area contributed by atoms with Crippen LogP contribution in [-0.2, 0) is 14.8 Å². The fraction of sp³-hybridized carbons (Fsp3) is 0.522. The first-order valence-corrected chi connectivity index (χ1v) is 13.0. The molecule has 3 aliphatic carbocycles. The third-order valence-corrected chi connectivity index (χ3v) is 7.96. The minimum Gasteiger partial charge on any atom is -0.481 e. The Morgan fingerprint density at radius 1 is 1.10 bits per heavy atom. The number of benzene rings is 1. The fourth-order valence-electron chi connectivity index (χ4n) is 4.81. The Morgan fingerprint density at radius 3 is 2.43 bits per heavy atom. The zero-order chi connectivity index (χ0) is 21.6. The minimum atomic E-state index is -3.53. The van der Waals surface area contributed by atoms with E-state index in [2.05, 4.69) is 26.7 Å². The van der Waals surface area contributed by atoms with Crippen LogP contribution in [0.1, 0.15) is 56.9 Å². The third-order valence-electron chi connectivity index (χ3n) is 6.34. The van der Waals surface area contributed by atoms with E-state index in [0.29, 0.717) is 24.2 Å². The Labute approximate surface area is 187 Å². The van der Waals surface area contributed by atoms with E-state index in [1.165, 1.54) is 18.2 Å². The quantitative estimate of drug-likeness (QED) is 0.338. The van der Waals surface area contributed by atoms with E-state index in [1.807, 2.05) is 30.3 Å². The average molecular weight is 496 g/mol. The molecule has 7 heteroatoms. The van der Waals surface area contributed by atoms with Crippen molar-refractivity contribution in [3.8, 4) is 0 Å². The van der Waals surface area contributed by atoms with E-state index in [4.69, 9.17) is 5.11 Å². The van der Waals surface area contributed by atoms with Crippen LogP contribution in [0.5, 0.6) is 0 Å². The van der Waals surface area contributed by atoms with Crippen molar-refractivity contribution in [2.75, 3.05) is 0 Å². The number of halogens is 1. The van der Waals surface area contributed by atoms with Gasteiger partial charge in [-0.25, -0.2) is 13.1 Å². The smallest absolute Gasteiger partial charge is 0.303 e. The maximum atomic E-state index is 12.8. The third kappa shape index (κ3) is 6.79. The van der Waals surface area contributed by atoms with Gasteiger partial charge in [-0.1, -0.05) is 40.2 Å². The number of allylic oxidation sites excluding steroid dienone is 2. The average Bonchev–Trinajstić information content (AvgIpc) is 2.71. The minimum absolute atomic E-state index is 0.0271. The lowest BCUT2D eigenvalue weighted by atomic mass is 9.61. The van der Waals surface area contributed by atoms with Crippen molar-refractivity contribution in [2.24, 2.45) is 17.8 Å². The molecule has 30 heavy (non-hydrogen) atoms. The van der Waals surface area contributed by atoms with Crippen LogP contribution < -0.4 is 4.72 Å². The summed E-state index contributed by atoms with van der Waals surface area (Å²) < 4.78 is 29.5. The maximum absolute atomic E-state index is 12.8. The monoisotopic (exact) mass is 495 g/mol. The molecule has 0 aromatic heterocycles. The van der Waals surface area contributed by atoms with Crippen LogP contribution in [0.2, 0.25) is 0 Å². The molecule has 4 rings (SSSR count). The molecule has 0 spiro atoms. The lowest BCUT2D eigenvalue weighted by Gasteiger charge is -2.48. The number of hydrogen-bond acceptors (Lipinski definition) is 3. The van der Waals surface area contributed by atoms with Crippen molar-refractivity contribution in [1.82, 2.24) is 4.72 Å². The Hall–Kier alpha value is -1.44. The van der Waals surface area contributed by atoms with E-state index in [1.54, 1.807) is 6.08 Å². The molecule has 3 saturated carbocycles. The topological polar surface area (TPSA) is 83.5 Å². The van der Waals surface area contributed by atoms with Gasteiger partial charge in [0.25, 0.3) is 0 Å². The molecular formula is C23H30BrNO4S. The van der Waals surface area contributed by atoms with Gasteiger partial charge in [0, 0.05) is 22.3 Å². The second kappa shape index (κ2) is 10.7. The molecule has 0 aliphatic heterocycles. The molecular weight excluding hydrogens is 466 g/mol. The van der Waals surface area contributed by atoms with E-state index < -0.39 is 16.0 Å². The summed E-state index contributed by atoms with van der Waals surface area (Å²) in [5.41, 5.74) is 0.842. The normalized spacial score (nSPS) is 26.6. The largest absolute Gasteiger partial charge is 0.481 e. The standard InChI is InChI=1S/C23H30BrNO4S/c24-20-13-7-17(8-14-20)15-16-30(28,29)25-23-19-11-9-18(10-12-19)21(23)5-3-1-2-4-6-22(26)27/h1,3,7-8,13-16,18-19,21,23,25H,2,4-6,9-12H2,(H,26,27)/b3-1+,16-15+. The van der Waals surface area contributed by atoms with Crippen molar-refractivity contribution < 1.29 is 18.3 Å². The summed E-state index contributed by atoms with van der Waals surface area (Å²) in [5, 5.41) is 10.00. The predicted molar refractivity (Wildman–Crippen MR) is 123 cm³/mol. The molecule has 2 bridgehead atoms. The fourth-order valence-corrected chi connectivity index (χ4v) is 6.24. The SMILES string of the molecule is O=C(O)CCC/C=C/CC1C2CCC(CC2)C1NS(=O)(=O)/C=C/c1ccc(Br)cc1. The maximum Gasteiger partial charge on any atom is 0.303 e. The van der Waals surface area contributed by atoms with E-state index in [-0.39, 0.29) is 12.5 Å². The van der Waals surface area contributed by atoms with Gasteiger partial charge in [-0.15, -0.1) is 0 Å². The summed E-state index contributed by atoms with van der Waals surface area (Å²) in [4.78, 5) is 10.6. The molecule has 1 aromatic carbocycles. The highest BCUT2D eigenvalue weighted by molar-refractivity contribution is 9.10. The zero-order valence-corrected chi connectivity index (χ0v) is 19.4. The first-order chi connectivity index (χ1) is 14.3. The number of aliphatic carboxylic acids is 1. The van der Waals surface area contributed by atoms with Gasteiger partial charge in [0.05, 0.1) is 0 Å². The number of carbonyl (C=O) groups is 1. The number of carboxylic acids is 1. The Balaban J connectivity index is 1.61. The summed E-state index contributed by atoms with van der Waals surface area (Å²) >= 11 is 3.38. The molecule has 1 aromatic rings. The summed E-state index contributed by atoms with van der Waals surface area (Å²) in [7, 11) is -3.53. The van der Waals surface area contributed by atoms with Gasteiger partial charge >= 0.3 is 5.97 Å². The lowest BCUT2D eigenvalue weighted by Crippen LogP contribution is -2.52. The molecule has 2 atom stereocenters. The van der Waals surface area contributed by atoms with Crippen LogP contribution in [0.15, 0.2) is 46.3 Å². The summed E-state index contributed by atoms with van der Waals surface area (Å²) in [6.07, 6.45) is 12.7. The highest BCUT2D eigenvalue weighted by Gasteiger charge is 2.44. The molecule has 0 radical (unpaired) electrons. The van der Waals surface area contributed by atoms with Crippen molar-refractivity contribution in [3.05, 3.63) is 51.9 Å². The molecule has 0 heterocycles. The van der Waals surface area contributed by atoms with E-state index >= 15 is 0 Å². The van der Waals surface area contributed by atoms with Crippen LogP contribution in [0.25, 0.3) is 6.08 Å². The van der Waals surface area contributed by atoms with E-state index in [9.17, 15) is 13.2 Å². The molecule has 3 fully saturated rings. The highest BCUT2D eigenvalue weighted by atomic mass is 79.9. The van der Waals surface area contributed by atoms with Gasteiger partial charge in [0.15, 0.2) is 0 Å². The highest BCUT2D eigenvalue weighted by Crippen LogP contribution is 2.46. The number of carboxylic acid groups (broad SMARTS) is 1. The van der Waals surface area contributed by atoms with Crippen molar-refractivity contribution in [1.29, 1.82) is 0 Å². The van der Waals surface area contributed by atoms with Gasteiger partial charge < -0.3 is 5.11 Å². The van der Waals surface area contributed by atoms with Crippen LogP contribution >= 0.6 is 15.9 Å². The second-order valence-electron chi connectivity index (χ2n) is 8.37. The van der Waals surface area contributed by atoms with Gasteiger partial charge in [0.2, 0.25) is 10.0 Å². The van der Waals surface area contributed by atoms with Gasteiger partial charge in [0.1, 0.15) is 0 Å².